The smallest absolute Gasteiger partial charge is 0.248 e. The summed E-state index contributed by atoms with van der Waals surface area (Å²) >= 11 is 0. The summed E-state index contributed by atoms with van der Waals surface area (Å²) in [5.74, 6) is 1.05. The monoisotopic (exact) mass is 504 g/mol. The average Bonchev–Trinajstić information content (AvgIpc) is 3.67. The second-order valence-electron chi connectivity index (χ2n) is 10.7. The van der Waals surface area contributed by atoms with Crippen molar-refractivity contribution in [2.24, 2.45) is 0 Å². The molecule has 1 aliphatic rings. The first-order chi connectivity index (χ1) is 19.1. The van der Waals surface area contributed by atoms with E-state index in [1.54, 1.807) is 0 Å². The largest absolute Gasteiger partial charge is 0.455 e. The van der Waals surface area contributed by atoms with Crippen molar-refractivity contribution in [2.45, 2.75) is 19.3 Å². The Morgan fingerprint density at radius 2 is 1.15 bits per heavy atom. The molecular weight excluding hydrogens is 480 g/mol. The van der Waals surface area contributed by atoms with E-state index in [9.17, 15) is 0 Å². The quantitative estimate of drug-likeness (QED) is 0.241. The first kappa shape index (κ1) is 22.1. The fraction of sp³-hybridized carbons (Fsp3) is 0.0857. The van der Waals surface area contributed by atoms with Crippen molar-refractivity contribution in [1.29, 1.82) is 0 Å². The molecular formula is C35H24N2O2. The van der Waals surface area contributed by atoms with Crippen LogP contribution in [0.5, 0.6) is 0 Å². The number of hydrogen-bond acceptors (Lipinski definition) is 4. The summed E-state index contributed by atoms with van der Waals surface area (Å²) in [6.45, 7) is 4.58. The van der Waals surface area contributed by atoms with E-state index in [1.165, 1.54) is 22.3 Å². The van der Waals surface area contributed by atoms with Crippen molar-refractivity contribution in [3.63, 3.8) is 0 Å². The van der Waals surface area contributed by atoms with Crippen molar-refractivity contribution in [3.05, 3.63) is 120 Å². The summed E-state index contributed by atoms with van der Waals surface area (Å²) < 4.78 is 12.4. The number of rotatable bonds is 3. The highest BCUT2D eigenvalue weighted by Crippen LogP contribution is 2.51. The van der Waals surface area contributed by atoms with Crippen LogP contribution in [0.25, 0.3) is 67.1 Å². The normalized spacial score (nSPS) is 13.6. The van der Waals surface area contributed by atoms with E-state index >= 15 is 0 Å². The van der Waals surface area contributed by atoms with Gasteiger partial charge in [-0.2, -0.15) is 0 Å². The molecule has 0 N–H and O–H groups in total. The van der Waals surface area contributed by atoms with Crippen LogP contribution in [0.1, 0.15) is 25.0 Å². The standard InChI is InChI=1S/C35H24N2O2/c1-35(2)29-19-22(24-12-8-13-28-27-11-6-7-14-31(27)38-32(24)28)15-17-25(29)26-18-16-23(20-30(26)35)34-37-36-33(39-34)21-9-4-3-5-10-21/h3-20H,1-2H3. The Morgan fingerprint density at radius 3 is 1.95 bits per heavy atom. The lowest BCUT2D eigenvalue weighted by Gasteiger charge is -2.22. The molecule has 0 radical (unpaired) electrons. The molecule has 0 bridgehead atoms. The summed E-state index contributed by atoms with van der Waals surface area (Å²) in [4.78, 5) is 0. The molecule has 0 saturated carbocycles. The van der Waals surface area contributed by atoms with Gasteiger partial charge in [-0.1, -0.05) is 86.6 Å². The van der Waals surface area contributed by atoms with Gasteiger partial charge in [0.05, 0.1) is 0 Å². The topological polar surface area (TPSA) is 52.1 Å². The third-order valence-electron chi connectivity index (χ3n) is 8.08. The molecule has 0 saturated heterocycles. The molecule has 0 atom stereocenters. The molecule has 0 fully saturated rings. The second-order valence-corrected chi connectivity index (χ2v) is 10.7. The lowest BCUT2D eigenvalue weighted by Crippen LogP contribution is -2.15. The highest BCUT2D eigenvalue weighted by atomic mass is 16.4. The van der Waals surface area contributed by atoms with Gasteiger partial charge in [0.1, 0.15) is 11.2 Å². The van der Waals surface area contributed by atoms with Gasteiger partial charge in [-0.05, 0) is 64.2 Å². The first-order valence-electron chi connectivity index (χ1n) is 13.2. The third-order valence-corrected chi connectivity index (χ3v) is 8.08. The molecule has 5 aromatic carbocycles. The van der Waals surface area contributed by atoms with Crippen molar-refractivity contribution < 1.29 is 8.83 Å². The van der Waals surface area contributed by atoms with Crippen LogP contribution in [-0.4, -0.2) is 10.2 Å². The van der Waals surface area contributed by atoms with Crippen LogP contribution in [-0.2, 0) is 5.41 Å². The van der Waals surface area contributed by atoms with Gasteiger partial charge in [0.15, 0.2) is 0 Å². The minimum Gasteiger partial charge on any atom is -0.455 e. The molecule has 2 heterocycles. The molecule has 0 spiro atoms. The molecule has 2 aromatic heterocycles. The highest BCUT2D eigenvalue weighted by Gasteiger charge is 2.36. The van der Waals surface area contributed by atoms with E-state index in [0.29, 0.717) is 11.8 Å². The average molecular weight is 505 g/mol. The Balaban J connectivity index is 1.21. The first-order valence-corrected chi connectivity index (χ1v) is 13.2. The molecule has 0 amide bonds. The van der Waals surface area contributed by atoms with Crippen LogP contribution in [0.2, 0.25) is 0 Å². The lowest BCUT2D eigenvalue weighted by atomic mass is 9.81. The van der Waals surface area contributed by atoms with Crippen LogP contribution < -0.4 is 0 Å². The molecule has 186 valence electrons. The number of fused-ring (bicyclic) bond motifs is 6. The van der Waals surface area contributed by atoms with E-state index in [0.717, 1.165) is 44.2 Å². The second kappa shape index (κ2) is 8.02. The van der Waals surface area contributed by atoms with Crippen molar-refractivity contribution >= 4 is 21.9 Å². The zero-order valence-electron chi connectivity index (χ0n) is 21.6. The molecule has 0 aliphatic heterocycles. The maximum Gasteiger partial charge on any atom is 0.248 e. The van der Waals surface area contributed by atoms with Crippen LogP contribution in [0, 0.1) is 0 Å². The third kappa shape index (κ3) is 3.25. The fourth-order valence-electron chi connectivity index (χ4n) is 6.05. The molecule has 1 aliphatic carbocycles. The van der Waals surface area contributed by atoms with Crippen LogP contribution in [0.3, 0.4) is 0 Å². The van der Waals surface area contributed by atoms with Gasteiger partial charge in [0.2, 0.25) is 11.8 Å². The van der Waals surface area contributed by atoms with Crippen molar-refractivity contribution in [3.8, 4) is 45.2 Å². The van der Waals surface area contributed by atoms with E-state index in [4.69, 9.17) is 8.83 Å². The van der Waals surface area contributed by atoms with E-state index in [-0.39, 0.29) is 5.41 Å². The van der Waals surface area contributed by atoms with Crippen LogP contribution in [0.4, 0.5) is 0 Å². The summed E-state index contributed by atoms with van der Waals surface area (Å²) in [5, 5.41) is 10.9. The van der Waals surface area contributed by atoms with Gasteiger partial charge in [-0.25, -0.2) is 0 Å². The maximum atomic E-state index is 6.35. The Bertz CT molecular complexity index is 2050. The van der Waals surface area contributed by atoms with Crippen molar-refractivity contribution in [1.82, 2.24) is 10.2 Å². The number of para-hydroxylation sites is 2. The van der Waals surface area contributed by atoms with Gasteiger partial charge in [-0.3, -0.25) is 0 Å². The molecule has 0 unspecified atom stereocenters. The van der Waals surface area contributed by atoms with E-state index in [1.807, 2.05) is 42.5 Å². The number of nitrogens with zero attached hydrogens (tertiary/aromatic N) is 2. The van der Waals surface area contributed by atoms with Crippen LogP contribution >= 0.6 is 0 Å². The lowest BCUT2D eigenvalue weighted by molar-refractivity contribution is 0.584. The summed E-state index contributed by atoms with van der Waals surface area (Å²) in [5.41, 5.74) is 10.8. The Kier molecular flexibility index (Phi) is 4.54. The Morgan fingerprint density at radius 1 is 0.513 bits per heavy atom. The summed E-state index contributed by atoms with van der Waals surface area (Å²) in [6.07, 6.45) is 0. The molecule has 7 aromatic rings. The predicted molar refractivity (Wildman–Crippen MR) is 155 cm³/mol. The maximum absolute atomic E-state index is 6.35. The number of furan rings is 1. The van der Waals surface area contributed by atoms with Crippen molar-refractivity contribution in [2.75, 3.05) is 0 Å². The van der Waals surface area contributed by atoms with Crippen LogP contribution in [0.15, 0.2) is 118 Å². The molecule has 8 rings (SSSR count). The minimum atomic E-state index is -0.194. The Labute approximate surface area is 225 Å². The SMILES string of the molecule is CC1(C)c2cc(-c3nnc(-c4ccccc4)o3)ccc2-c2ccc(-c3cccc4c3oc3ccccc34)cc21. The molecule has 4 heteroatoms. The summed E-state index contributed by atoms with van der Waals surface area (Å²) in [6, 6.07) is 37.8. The Hall–Kier alpha value is -4.96. The fourth-order valence-corrected chi connectivity index (χ4v) is 6.05. The van der Waals surface area contributed by atoms with E-state index in [2.05, 4.69) is 90.8 Å². The van der Waals surface area contributed by atoms with Gasteiger partial charge in [0, 0.05) is 32.9 Å². The molecule has 39 heavy (non-hydrogen) atoms. The van der Waals surface area contributed by atoms with Gasteiger partial charge < -0.3 is 8.83 Å². The van der Waals surface area contributed by atoms with E-state index < -0.39 is 0 Å². The number of benzene rings is 5. The molecule has 4 nitrogen and oxygen atoms in total. The summed E-state index contributed by atoms with van der Waals surface area (Å²) in [7, 11) is 0. The van der Waals surface area contributed by atoms with Gasteiger partial charge >= 0.3 is 0 Å². The zero-order chi connectivity index (χ0) is 26.1. The minimum absolute atomic E-state index is 0.194. The van der Waals surface area contributed by atoms with Gasteiger partial charge in [0.25, 0.3) is 0 Å². The number of aromatic nitrogens is 2. The predicted octanol–water partition coefficient (Wildman–Crippen LogP) is 9.28. The van der Waals surface area contributed by atoms with Gasteiger partial charge in [-0.15, -0.1) is 10.2 Å². The number of hydrogen-bond donors (Lipinski definition) is 0. The highest BCUT2D eigenvalue weighted by molar-refractivity contribution is 6.09. The zero-order valence-corrected chi connectivity index (χ0v) is 21.6.